The number of carbonyl (C=O) groups is 2. The third-order valence-corrected chi connectivity index (χ3v) is 7.22. The number of carbonyl (C=O) groups excluding carboxylic acids is 2. The van der Waals surface area contributed by atoms with Gasteiger partial charge in [-0.05, 0) is 41.8 Å². The van der Waals surface area contributed by atoms with Gasteiger partial charge in [0.2, 0.25) is 5.56 Å². The zero-order chi connectivity index (χ0) is 22.7. The van der Waals surface area contributed by atoms with Gasteiger partial charge in [0.15, 0.2) is 0 Å². The van der Waals surface area contributed by atoms with Gasteiger partial charge in [-0.3, -0.25) is 30.0 Å². The molecule has 0 atom stereocenters. The molecular weight excluding hydrogens is 452 g/mol. The van der Waals surface area contributed by atoms with Gasteiger partial charge in [0, 0.05) is 28.2 Å². The first-order chi connectivity index (χ1) is 15.3. The zero-order valence-electron chi connectivity index (χ0n) is 16.3. The summed E-state index contributed by atoms with van der Waals surface area (Å²) in [4.78, 5) is 39.3. The number of aromatic amines is 1. The molecule has 0 aliphatic heterocycles. The molecule has 11 heteroatoms. The third-order valence-electron chi connectivity index (χ3n) is 4.44. The van der Waals surface area contributed by atoms with E-state index in [2.05, 4.69) is 20.6 Å². The van der Waals surface area contributed by atoms with Gasteiger partial charge in [-0.1, -0.05) is 24.3 Å². The summed E-state index contributed by atoms with van der Waals surface area (Å²) < 4.78 is 27.1. The number of pyridine rings is 1. The highest BCUT2D eigenvalue weighted by Gasteiger charge is 2.16. The SMILES string of the molecule is O=C(NNC(=O)c1cc(=O)[nH]c2ccccc12)c1ccc(NS(=O)(=O)c2cccs2)cc1. The van der Waals surface area contributed by atoms with E-state index in [1.54, 1.807) is 35.7 Å². The first-order valence-corrected chi connectivity index (χ1v) is 11.6. The predicted octanol–water partition coefficient (Wildman–Crippen LogP) is 2.47. The Morgan fingerprint density at radius 2 is 1.59 bits per heavy atom. The highest BCUT2D eigenvalue weighted by molar-refractivity contribution is 7.94. The summed E-state index contributed by atoms with van der Waals surface area (Å²) in [5, 5.41) is 2.19. The number of para-hydroxylation sites is 1. The third kappa shape index (κ3) is 4.53. The van der Waals surface area contributed by atoms with Crippen molar-refractivity contribution in [1.82, 2.24) is 15.8 Å². The number of hydrogen-bond donors (Lipinski definition) is 4. The molecule has 0 fully saturated rings. The Labute approximate surface area is 186 Å². The van der Waals surface area contributed by atoms with Gasteiger partial charge >= 0.3 is 0 Å². The van der Waals surface area contributed by atoms with Crippen LogP contribution in [0.3, 0.4) is 0 Å². The lowest BCUT2D eigenvalue weighted by molar-refractivity contribution is 0.0847. The van der Waals surface area contributed by atoms with Gasteiger partial charge in [0.05, 0.1) is 5.56 Å². The first kappa shape index (κ1) is 21.3. The maximum Gasteiger partial charge on any atom is 0.271 e. The lowest BCUT2D eigenvalue weighted by Crippen LogP contribution is -2.42. The van der Waals surface area contributed by atoms with Crippen LogP contribution < -0.4 is 21.1 Å². The maximum atomic E-state index is 12.5. The Morgan fingerprint density at radius 1 is 0.875 bits per heavy atom. The second-order valence-corrected chi connectivity index (χ2v) is 9.47. The monoisotopic (exact) mass is 468 g/mol. The minimum Gasteiger partial charge on any atom is -0.322 e. The number of sulfonamides is 1. The molecule has 0 spiro atoms. The minimum absolute atomic E-state index is 0.114. The van der Waals surface area contributed by atoms with E-state index in [-0.39, 0.29) is 21.0 Å². The molecule has 0 aliphatic rings. The van der Waals surface area contributed by atoms with Crippen LogP contribution in [0.15, 0.2) is 81.1 Å². The quantitative estimate of drug-likeness (QED) is 0.334. The van der Waals surface area contributed by atoms with E-state index < -0.39 is 27.4 Å². The number of thiophene rings is 1. The van der Waals surface area contributed by atoms with Crippen molar-refractivity contribution >= 4 is 49.8 Å². The Bertz CT molecular complexity index is 1460. The van der Waals surface area contributed by atoms with E-state index >= 15 is 0 Å². The summed E-state index contributed by atoms with van der Waals surface area (Å²) in [7, 11) is -3.69. The fraction of sp³-hybridized carbons (Fsp3) is 0. The van der Waals surface area contributed by atoms with Crippen LogP contribution in [0.5, 0.6) is 0 Å². The van der Waals surface area contributed by atoms with Crippen molar-refractivity contribution < 1.29 is 18.0 Å². The topological polar surface area (TPSA) is 137 Å². The standard InChI is InChI=1S/C21H16N4O5S2/c26-18-12-16(15-4-1-2-5-17(15)22-18)21(28)24-23-20(27)13-7-9-14(10-8-13)25-32(29,30)19-6-3-11-31-19/h1-12,25H,(H,22,26)(H,23,27)(H,24,28). The number of anilines is 1. The number of H-pyrrole nitrogens is 1. The maximum absolute atomic E-state index is 12.5. The molecule has 2 heterocycles. The van der Waals surface area contributed by atoms with Gasteiger partial charge in [-0.15, -0.1) is 11.3 Å². The number of hydrogen-bond acceptors (Lipinski definition) is 6. The number of benzene rings is 2. The molecule has 0 radical (unpaired) electrons. The second kappa shape index (κ2) is 8.65. The molecule has 4 N–H and O–H groups in total. The van der Waals surface area contributed by atoms with Gasteiger partial charge in [-0.2, -0.15) is 0 Å². The van der Waals surface area contributed by atoms with Crippen LogP contribution in [0.25, 0.3) is 10.9 Å². The molecule has 0 unspecified atom stereocenters. The second-order valence-electron chi connectivity index (χ2n) is 6.62. The molecule has 0 aliphatic carbocycles. The molecule has 162 valence electrons. The molecule has 4 aromatic rings. The molecule has 32 heavy (non-hydrogen) atoms. The largest absolute Gasteiger partial charge is 0.322 e. The van der Waals surface area contributed by atoms with Gasteiger partial charge in [0.1, 0.15) is 4.21 Å². The van der Waals surface area contributed by atoms with Crippen LogP contribution in [-0.4, -0.2) is 25.2 Å². The number of aromatic nitrogens is 1. The van der Waals surface area contributed by atoms with E-state index in [1.807, 2.05) is 0 Å². The van der Waals surface area contributed by atoms with Crippen LogP contribution >= 0.6 is 11.3 Å². The summed E-state index contributed by atoms with van der Waals surface area (Å²) >= 11 is 1.09. The van der Waals surface area contributed by atoms with E-state index in [0.29, 0.717) is 10.9 Å². The number of rotatable bonds is 5. The van der Waals surface area contributed by atoms with Crippen LogP contribution in [0.2, 0.25) is 0 Å². The molecule has 0 saturated heterocycles. The van der Waals surface area contributed by atoms with Crippen LogP contribution in [0, 0.1) is 0 Å². The van der Waals surface area contributed by atoms with E-state index in [0.717, 1.165) is 17.4 Å². The van der Waals surface area contributed by atoms with Crippen molar-refractivity contribution in [1.29, 1.82) is 0 Å². The molecule has 4 rings (SSSR count). The highest BCUT2D eigenvalue weighted by Crippen LogP contribution is 2.20. The lowest BCUT2D eigenvalue weighted by Gasteiger charge is -2.10. The van der Waals surface area contributed by atoms with Crippen LogP contribution in [0.4, 0.5) is 5.69 Å². The highest BCUT2D eigenvalue weighted by atomic mass is 32.2. The molecule has 0 bridgehead atoms. The molecular formula is C21H16N4O5S2. The number of fused-ring (bicyclic) bond motifs is 1. The molecule has 2 aromatic heterocycles. The molecule has 9 nitrogen and oxygen atoms in total. The number of amides is 2. The van der Waals surface area contributed by atoms with E-state index in [9.17, 15) is 22.8 Å². The number of nitrogens with one attached hydrogen (secondary N) is 4. The van der Waals surface area contributed by atoms with Crippen molar-refractivity contribution in [2.75, 3.05) is 4.72 Å². The smallest absolute Gasteiger partial charge is 0.271 e. The summed E-state index contributed by atoms with van der Waals surface area (Å²) in [6, 6.07) is 16.8. The van der Waals surface area contributed by atoms with Crippen LogP contribution in [0.1, 0.15) is 20.7 Å². The summed E-state index contributed by atoms with van der Waals surface area (Å²) in [5.74, 6) is -1.26. The zero-order valence-corrected chi connectivity index (χ0v) is 17.9. The average molecular weight is 469 g/mol. The fourth-order valence-electron chi connectivity index (χ4n) is 2.96. The Morgan fingerprint density at radius 3 is 2.31 bits per heavy atom. The van der Waals surface area contributed by atoms with Crippen molar-refractivity contribution in [3.05, 3.63) is 93.6 Å². The molecule has 2 aromatic carbocycles. The van der Waals surface area contributed by atoms with Gasteiger partial charge < -0.3 is 4.98 Å². The summed E-state index contributed by atoms with van der Waals surface area (Å²) in [5.41, 5.74) is 5.22. The first-order valence-electron chi connectivity index (χ1n) is 9.23. The molecule has 2 amide bonds. The number of hydrazine groups is 1. The van der Waals surface area contributed by atoms with Crippen molar-refractivity contribution in [3.63, 3.8) is 0 Å². The minimum atomic E-state index is -3.69. The Hall–Kier alpha value is -3.96. The van der Waals surface area contributed by atoms with Crippen molar-refractivity contribution in [3.8, 4) is 0 Å². The lowest BCUT2D eigenvalue weighted by atomic mass is 10.1. The van der Waals surface area contributed by atoms with Crippen molar-refractivity contribution in [2.45, 2.75) is 4.21 Å². The Kier molecular flexibility index (Phi) is 5.75. The van der Waals surface area contributed by atoms with E-state index in [1.165, 1.54) is 30.3 Å². The summed E-state index contributed by atoms with van der Waals surface area (Å²) in [6.45, 7) is 0. The predicted molar refractivity (Wildman–Crippen MR) is 121 cm³/mol. The average Bonchev–Trinajstić information content (AvgIpc) is 3.33. The van der Waals surface area contributed by atoms with E-state index in [4.69, 9.17) is 0 Å². The fourth-order valence-corrected chi connectivity index (χ4v) is 5.01. The van der Waals surface area contributed by atoms with Gasteiger partial charge in [-0.25, -0.2) is 8.42 Å². The Balaban J connectivity index is 1.43. The molecule has 0 saturated carbocycles. The normalized spacial score (nSPS) is 11.1. The summed E-state index contributed by atoms with van der Waals surface area (Å²) in [6.07, 6.45) is 0. The van der Waals surface area contributed by atoms with Crippen LogP contribution in [-0.2, 0) is 10.0 Å². The van der Waals surface area contributed by atoms with Gasteiger partial charge in [0.25, 0.3) is 21.8 Å². The van der Waals surface area contributed by atoms with Crippen molar-refractivity contribution in [2.24, 2.45) is 0 Å².